The largest absolute Gasteiger partial charge is 0.480 e. The molecular weight excluding hydrogens is 374 g/mol. The summed E-state index contributed by atoms with van der Waals surface area (Å²) in [6.07, 6.45) is -0.650. The molecule has 1 fully saturated rings. The van der Waals surface area contributed by atoms with E-state index in [9.17, 15) is 23.1 Å². The van der Waals surface area contributed by atoms with Crippen LogP contribution in [-0.2, 0) is 19.4 Å². The number of carboxylic acid groups (broad SMARTS) is 1. The first kappa shape index (κ1) is 20.7. The maximum Gasteiger partial charge on any atom is 0.414 e. The predicted molar refractivity (Wildman–Crippen MR) is 98.1 cm³/mol. The van der Waals surface area contributed by atoms with Gasteiger partial charge in [0.05, 0.1) is 13.2 Å². The van der Waals surface area contributed by atoms with E-state index in [1.165, 1.54) is 4.90 Å². The summed E-state index contributed by atoms with van der Waals surface area (Å²) in [6, 6.07) is 6.75. The van der Waals surface area contributed by atoms with E-state index in [1.807, 2.05) is 0 Å². The van der Waals surface area contributed by atoms with Gasteiger partial charge in [-0.1, -0.05) is 11.8 Å². The number of aliphatic hydroxyl groups is 1. The quantitative estimate of drug-likeness (QED) is 0.690. The zero-order valence-electron chi connectivity index (χ0n) is 15.0. The summed E-state index contributed by atoms with van der Waals surface area (Å²) in [6.45, 7) is 1.14. The summed E-state index contributed by atoms with van der Waals surface area (Å²) in [5, 5.41) is 18.1. The molecule has 1 aliphatic rings. The fraction of sp³-hybridized carbons (Fsp3) is 0.444. The van der Waals surface area contributed by atoms with Crippen molar-refractivity contribution in [1.82, 2.24) is 0 Å². The molecule has 2 rings (SSSR count). The molecule has 1 aromatic rings. The fourth-order valence-electron chi connectivity index (χ4n) is 2.62. The number of hydrogen-bond donors (Lipinski definition) is 2. The van der Waals surface area contributed by atoms with Crippen LogP contribution in [0.4, 0.5) is 10.5 Å². The van der Waals surface area contributed by atoms with Crippen molar-refractivity contribution in [2.75, 3.05) is 24.3 Å². The Morgan fingerprint density at radius 2 is 2.00 bits per heavy atom. The molecule has 2 N–H and O–H groups in total. The number of rotatable bonds is 6. The van der Waals surface area contributed by atoms with Gasteiger partial charge in [-0.2, -0.15) is 0 Å². The first-order chi connectivity index (χ1) is 12.6. The number of anilines is 1. The minimum Gasteiger partial charge on any atom is -0.480 e. The SMILES string of the molecule is C[C@@](C[C@H]1CN(c2ccc(C#CCCO)cc2)C(=O)O1)(C(=O)O)S(C)(=O)=O. The highest BCUT2D eigenvalue weighted by atomic mass is 32.2. The van der Waals surface area contributed by atoms with E-state index in [-0.39, 0.29) is 19.6 Å². The number of sulfone groups is 1. The molecule has 8 nitrogen and oxygen atoms in total. The molecule has 0 unspecified atom stereocenters. The molecule has 1 aliphatic heterocycles. The van der Waals surface area contributed by atoms with Gasteiger partial charge in [0, 0.05) is 30.3 Å². The Hall–Kier alpha value is -2.57. The number of aliphatic carboxylic acids is 1. The average molecular weight is 395 g/mol. The van der Waals surface area contributed by atoms with Gasteiger partial charge in [-0.3, -0.25) is 9.69 Å². The monoisotopic (exact) mass is 395 g/mol. The van der Waals surface area contributed by atoms with Gasteiger partial charge in [-0.25, -0.2) is 13.2 Å². The second-order valence-electron chi connectivity index (χ2n) is 6.45. The topological polar surface area (TPSA) is 121 Å². The zero-order chi connectivity index (χ0) is 20.2. The second kappa shape index (κ2) is 7.98. The van der Waals surface area contributed by atoms with Crippen molar-refractivity contribution in [1.29, 1.82) is 0 Å². The lowest BCUT2D eigenvalue weighted by Gasteiger charge is -2.24. The number of ether oxygens (including phenoxy) is 1. The molecule has 0 saturated carbocycles. The van der Waals surface area contributed by atoms with Crippen molar-refractivity contribution >= 4 is 27.6 Å². The smallest absolute Gasteiger partial charge is 0.414 e. The number of carbonyl (C=O) groups excluding carboxylic acids is 1. The molecule has 146 valence electrons. The summed E-state index contributed by atoms with van der Waals surface area (Å²) in [5.74, 6) is 4.17. The first-order valence-electron chi connectivity index (χ1n) is 8.19. The maximum absolute atomic E-state index is 12.1. The van der Waals surface area contributed by atoms with E-state index in [2.05, 4.69) is 11.8 Å². The number of carboxylic acids is 1. The van der Waals surface area contributed by atoms with Crippen molar-refractivity contribution in [3.8, 4) is 11.8 Å². The standard InChI is InChI=1S/C18H21NO7S/c1-18(16(21)22,27(2,24)25)11-15-12-19(17(23)26-15)14-8-6-13(7-9-14)5-3-4-10-20/h6-9,15,20H,4,10-12H2,1-2H3,(H,21,22)/t15-,18+/m0/s1. The van der Waals surface area contributed by atoms with Gasteiger partial charge < -0.3 is 14.9 Å². The van der Waals surface area contributed by atoms with E-state index in [0.29, 0.717) is 17.7 Å². The molecule has 2 atom stereocenters. The first-order valence-corrected chi connectivity index (χ1v) is 10.1. The maximum atomic E-state index is 12.1. The Bertz CT molecular complexity index is 883. The van der Waals surface area contributed by atoms with Crippen LogP contribution in [0.25, 0.3) is 0 Å². The van der Waals surface area contributed by atoms with Crippen LogP contribution in [0.1, 0.15) is 25.3 Å². The molecule has 9 heteroatoms. The molecule has 1 amide bonds. The Kier molecular flexibility index (Phi) is 6.13. The summed E-state index contributed by atoms with van der Waals surface area (Å²) in [7, 11) is -3.91. The van der Waals surface area contributed by atoms with Crippen LogP contribution >= 0.6 is 0 Å². The van der Waals surface area contributed by atoms with Gasteiger partial charge in [0.2, 0.25) is 0 Å². The zero-order valence-corrected chi connectivity index (χ0v) is 15.8. The van der Waals surface area contributed by atoms with Crippen LogP contribution in [-0.4, -0.2) is 61.0 Å². The van der Waals surface area contributed by atoms with Gasteiger partial charge in [-0.15, -0.1) is 0 Å². The number of benzene rings is 1. The summed E-state index contributed by atoms with van der Waals surface area (Å²) in [4.78, 5) is 24.9. The molecule has 0 aliphatic carbocycles. The van der Waals surface area contributed by atoms with Crippen LogP contribution in [0.15, 0.2) is 24.3 Å². The third kappa shape index (κ3) is 4.59. The average Bonchev–Trinajstić information content (AvgIpc) is 2.94. The van der Waals surface area contributed by atoms with E-state index >= 15 is 0 Å². The van der Waals surface area contributed by atoms with E-state index < -0.39 is 32.8 Å². The number of cyclic esters (lactones) is 1. The summed E-state index contributed by atoms with van der Waals surface area (Å²) >= 11 is 0. The van der Waals surface area contributed by atoms with Crippen LogP contribution in [0.3, 0.4) is 0 Å². The lowest BCUT2D eigenvalue weighted by atomic mass is 10.0. The Labute approximate surface area is 157 Å². The third-order valence-corrected chi connectivity index (χ3v) is 6.39. The minimum absolute atomic E-state index is 0.0190. The van der Waals surface area contributed by atoms with Crippen molar-refractivity contribution in [2.45, 2.75) is 30.6 Å². The van der Waals surface area contributed by atoms with Crippen LogP contribution in [0, 0.1) is 11.8 Å². The second-order valence-corrected chi connectivity index (χ2v) is 8.90. The van der Waals surface area contributed by atoms with E-state index in [0.717, 1.165) is 13.2 Å². The number of nitrogens with zero attached hydrogens (tertiary/aromatic N) is 1. The molecule has 1 aromatic carbocycles. The van der Waals surface area contributed by atoms with E-state index in [4.69, 9.17) is 9.84 Å². The number of aliphatic hydroxyl groups excluding tert-OH is 1. The van der Waals surface area contributed by atoms with Crippen molar-refractivity contribution in [2.24, 2.45) is 0 Å². The van der Waals surface area contributed by atoms with E-state index in [1.54, 1.807) is 24.3 Å². The van der Waals surface area contributed by atoms with Gasteiger partial charge in [0.25, 0.3) is 0 Å². The van der Waals surface area contributed by atoms with Crippen molar-refractivity contribution < 1.29 is 33.0 Å². The Balaban J connectivity index is 2.14. The Morgan fingerprint density at radius 3 is 2.52 bits per heavy atom. The van der Waals surface area contributed by atoms with Crippen LogP contribution in [0.5, 0.6) is 0 Å². The fourth-order valence-corrected chi connectivity index (χ4v) is 3.42. The van der Waals surface area contributed by atoms with Crippen LogP contribution in [0.2, 0.25) is 0 Å². The molecule has 1 heterocycles. The minimum atomic E-state index is -3.91. The molecule has 0 aromatic heterocycles. The summed E-state index contributed by atoms with van der Waals surface area (Å²) in [5.41, 5.74) is 1.25. The molecule has 1 saturated heterocycles. The summed E-state index contributed by atoms with van der Waals surface area (Å²) < 4.78 is 26.9. The number of amides is 1. The molecule has 0 radical (unpaired) electrons. The van der Waals surface area contributed by atoms with Gasteiger partial charge in [0.15, 0.2) is 14.6 Å². The molecular formula is C18H21NO7S. The normalized spacial score (nSPS) is 19.0. The number of hydrogen-bond acceptors (Lipinski definition) is 6. The van der Waals surface area contributed by atoms with Gasteiger partial charge in [-0.05, 0) is 31.2 Å². The molecule has 0 bridgehead atoms. The Morgan fingerprint density at radius 1 is 1.37 bits per heavy atom. The highest BCUT2D eigenvalue weighted by molar-refractivity contribution is 7.92. The molecule has 0 spiro atoms. The third-order valence-electron chi connectivity index (χ3n) is 4.41. The number of carbonyl (C=O) groups is 2. The highest BCUT2D eigenvalue weighted by Crippen LogP contribution is 2.30. The van der Waals surface area contributed by atoms with Crippen LogP contribution < -0.4 is 4.90 Å². The van der Waals surface area contributed by atoms with Gasteiger partial charge in [0.1, 0.15) is 6.10 Å². The lowest BCUT2D eigenvalue weighted by molar-refractivity contribution is -0.140. The predicted octanol–water partition coefficient (Wildman–Crippen LogP) is 1.02. The highest BCUT2D eigenvalue weighted by Gasteiger charge is 2.48. The van der Waals surface area contributed by atoms with Gasteiger partial charge >= 0.3 is 12.1 Å². The molecule has 27 heavy (non-hydrogen) atoms. The lowest BCUT2D eigenvalue weighted by Crippen LogP contribution is -2.46. The van der Waals surface area contributed by atoms with Crippen molar-refractivity contribution in [3.05, 3.63) is 29.8 Å². The van der Waals surface area contributed by atoms with Crippen molar-refractivity contribution in [3.63, 3.8) is 0 Å².